The van der Waals surface area contributed by atoms with Crippen LogP contribution in [0.4, 0.5) is 0 Å². The van der Waals surface area contributed by atoms with Gasteiger partial charge in [0.05, 0.1) is 46.1 Å². The van der Waals surface area contributed by atoms with Crippen LogP contribution < -0.4 is 0 Å². The summed E-state index contributed by atoms with van der Waals surface area (Å²) in [5.41, 5.74) is 0. The molecule has 1 unspecified atom stereocenters. The Balaban J connectivity index is 4.68. The molecule has 0 fully saturated rings. The molecular formula is C45H83NO11P+. The number of aliphatic hydroxyl groups is 3. The van der Waals surface area contributed by atoms with Crippen LogP contribution in [0.15, 0.2) is 48.6 Å². The number of aliphatic hydroxyl groups excluding tert-OH is 3. The Kier molecular flexibility index (Phi) is 35.3. The van der Waals surface area contributed by atoms with Crippen LogP contribution in [0.25, 0.3) is 0 Å². The number of phosphoric acid groups is 1. The quantitative estimate of drug-likeness (QED) is 0.0153. The Bertz CT molecular complexity index is 1180. The van der Waals surface area contributed by atoms with Crippen molar-refractivity contribution >= 4 is 19.8 Å². The first-order chi connectivity index (χ1) is 27.7. The minimum atomic E-state index is -4.46. The van der Waals surface area contributed by atoms with Crippen LogP contribution in [0.1, 0.15) is 155 Å². The van der Waals surface area contributed by atoms with Gasteiger partial charge in [0.25, 0.3) is 0 Å². The minimum absolute atomic E-state index is 0.0240. The zero-order chi connectivity index (χ0) is 43.3. The van der Waals surface area contributed by atoms with Gasteiger partial charge in [-0.05, 0) is 25.7 Å². The molecule has 0 radical (unpaired) electrons. The molecule has 0 aromatic carbocycles. The molecule has 0 saturated heterocycles. The number of hydrogen-bond donors (Lipinski definition) is 4. The lowest BCUT2D eigenvalue weighted by Crippen LogP contribution is -2.37. The Morgan fingerprint density at radius 1 is 0.603 bits per heavy atom. The van der Waals surface area contributed by atoms with Crippen molar-refractivity contribution in [1.82, 2.24) is 0 Å². The highest BCUT2D eigenvalue weighted by molar-refractivity contribution is 7.47. The lowest BCUT2D eigenvalue weighted by atomic mass is 10.0. The molecule has 0 aliphatic carbocycles. The number of carbonyl (C=O) groups excluding carboxylic acids is 2. The summed E-state index contributed by atoms with van der Waals surface area (Å²) in [6.07, 6.45) is 31.0. The van der Waals surface area contributed by atoms with Gasteiger partial charge in [-0.25, -0.2) is 4.57 Å². The maximum atomic E-state index is 12.7. The van der Waals surface area contributed by atoms with Crippen molar-refractivity contribution in [3.05, 3.63) is 48.6 Å². The van der Waals surface area contributed by atoms with Crippen molar-refractivity contribution in [2.75, 3.05) is 47.5 Å². The van der Waals surface area contributed by atoms with E-state index in [1.807, 2.05) is 21.1 Å². The van der Waals surface area contributed by atoms with Gasteiger partial charge in [0.1, 0.15) is 19.8 Å². The number of allylic oxidation sites excluding steroid dienone is 6. The third-order valence-corrected chi connectivity index (χ3v) is 10.5. The van der Waals surface area contributed by atoms with E-state index < -0.39 is 50.8 Å². The molecule has 13 heteroatoms. The van der Waals surface area contributed by atoms with E-state index >= 15 is 0 Å². The summed E-state index contributed by atoms with van der Waals surface area (Å²) in [5, 5.41) is 30.5. The molecular weight excluding hydrogens is 761 g/mol. The Hall–Kier alpha value is -2.15. The normalized spacial score (nSPS) is 15.7. The SMILES string of the molecule is CCCCCCCCCCCCCCCCC(=O)O[C@H](COC(=O)CCC[C@@H](O)[C@H](O)/C=C/C=C/C=C\C=C\[C@H](O)CCCCC)COP(=O)(O)OCC[N+](C)(C)C. The fraction of sp³-hybridized carbons (Fsp3) is 0.778. The first kappa shape index (κ1) is 55.9. The van der Waals surface area contributed by atoms with Crippen LogP contribution >= 0.6 is 7.82 Å². The van der Waals surface area contributed by atoms with E-state index in [1.165, 1.54) is 70.3 Å². The van der Waals surface area contributed by atoms with Gasteiger partial charge in [-0.1, -0.05) is 165 Å². The summed E-state index contributed by atoms with van der Waals surface area (Å²) in [7, 11) is 1.29. The first-order valence-electron chi connectivity index (χ1n) is 22.2. The molecule has 0 spiro atoms. The number of nitrogens with zero attached hydrogens (tertiary/aromatic N) is 1. The Morgan fingerprint density at radius 3 is 1.67 bits per heavy atom. The van der Waals surface area contributed by atoms with Gasteiger partial charge in [0, 0.05) is 12.8 Å². The zero-order valence-electron chi connectivity index (χ0n) is 36.9. The number of phosphoric ester groups is 1. The lowest BCUT2D eigenvalue weighted by molar-refractivity contribution is -0.870. The van der Waals surface area contributed by atoms with Crippen molar-refractivity contribution in [2.24, 2.45) is 0 Å². The van der Waals surface area contributed by atoms with E-state index in [1.54, 1.807) is 42.5 Å². The van der Waals surface area contributed by atoms with E-state index in [0.29, 0.717) is 17.4 Å². The van der Waals surface area contributed by atoms with Gasteiger partial charge in [-0.3, -0.25) is 18.6 Å². The third-order valence-electron chi connectivity index (χ3n) is 9.48. The van der Waals surface area contributed by atoms with Crippen molar-refractivity contribution in [3.8, 4) is 0 Å². The van der Waals surface area contributed by atoms with Gasteiger partial charge in [0.2, 0.25) is 0 Å². The second-order valence-corrected chi connectivity index (χ2v) is 17.8. The number of rotatable bonds is 39. The van der Waals surface area contributed by atoms with E-state index in [0.717, 1.165) is 44.9 Å². The Morgan fingerprint density at radius 2 is 1.10 bits per heavy atom. The summed E-state index contributed by atoms with van der Waals surface area (Å²) in [6.45, 7) is 3.92. The van der Waals surface area contributed by atoms with Crippen LogP contribution in [0.3, 0.4) is 0 Å². The van der Waals surface area contributed by atoms with E-state index in [2.05, 4.69) is 13.8 Å². The number of quaternary nitrogens is 1. The predicted molar refractivity (Wildman–Crippen MR) is 233 cm³/mol. The minimum Gasteiger partial charge on any atom is -0.462 e. The fourth-order valence-corrected chi connectivity index (χ4v) is 6.55. The third kappa shape index (κ3) is 38.1. The molecule has 0 amide bonds. The average Bonchev–Trinajstić information content (AvgIpc) is 3.16. The molecule has 338 valence electrons. The smallest absolute Gasteiger partial charge is 0.462 e. The highest BCUT2D eigenvalue weighted by Crippen LogP contribution is 2.43. The number of ether oxygens (including phenoxy) is 2. The molecule has 5 atom stereocenters. The van der Waals surface area contributed by atoms with Gasteiger partial charge >= 0.3 is 19.8 Å². The van der Waals surface area contributed by atoms with E-state index in [4.69, 9.17) is 18.5 Å². The highest BCUT2D eigenvalue weighted by atomic mass is 31.2. The fourth-order valence-electron chi connectivity index (χ4n) is 5.81. The average molecular weight is 845 g/mol. The summed E-state index contributed by atoms with van der Waals surface area (Å²) >= 11 is 0. The zero-order valence-corrected chi connectivity index (χ0v) is 37.7. The van der Waals surface area contributed by atoms with Crippen LogP contribution in [0.2, 0.25) is 0 Å². The summed E-state index contributed by atoms with van der Waals surface area (Å²) in [5.74, 6) is -1.13. The van der Waals surface area contributed by atoms with E-state index in [9.17, 15) is 34.4 Å². The monoisotopic (exact) mass is 845 g/mol. The Labute approximate surface area is 352 Å². The lowest BCUT2D eigenvalue weighted by Gasteiger charge is -2.24. The molecule has 4 N–H and O–H groups in total. The molecule has 12 nitrogen and oxygen atoms in total. The predicted octanol–water partition coefficient (Wildman–Crippen LogP) is 9.21. The maximum Gasteiger partial charge on any atom is 0.472 e. The molecule has 0 aliphatic heterocycles. The molecule has 0 aliphatic rings. The van der Waals surface area contributed by atoms with Gasteiger partial charge in [-0.15, -0.1) is 0 Å². The van der Waals surface area contributed by atoms with Crippen LogP contribution in [-0.4, -0.2) is 109 Å². The number of esters is 2. The maximum absolute atomic E-state index is 12.7. The molecule has 0 bridgehead atoms. The number of unbranched alkanes of at least 4 members (excludes halogenated alkanes) is 15. The van der Waals surface area contributed by atoms with Gasteiger partial charge in [0.15, 0.2) is 6.10 Å². The van der Waals surface area contributed by atoms with Gasteiger partial charge in [-0.2, -0.15) is 0 Å². The number of carbonyl (C=O) groups is 2. The van der Waals surface area contributed by atoms with E-state index in [-0.39, 0.29) is 38.9 Å². The highest BCUT2D eigenvalue weighted by Gasteiger charge is 2.27. The summed E-state index contributed by atoms with van der Waals surface area (Å²) < 4.78 is 34.0. The van der Waals surface area contributed by atoms with Crippen LogP contribution in [-0.2, 0) is 32.7 Å². The van der Waals surface area contributed by atoms with Crippen molar-refractivity contribution in [3.63, 3.8) is 0 Å². The molecule has 0 aromatic rings. The van der Waals surface area contributed by atoms with Crippen LogP contribution in [0, 0.1) is 0 Å². The second-order valence-electron chi connectivity index (χ2n) is 16.3. The van der Waals surface area contributed by atoms with Crippen molar-refractivity contribution in [1.29, 1.82) is 0 Å². The first-order valence-corrected chi connectivity index (χ1v) is 23.7. The van der Waals surface area contributed by atoms with Crippen LogP contribution in [0.5, 0.6) is 0 Å². The van der Waals surface area contributed by atoms with Crippen molar-refractivity contribution < 1.29 is 57.4 Å². The molecule has 0 rings (SSSR count). The van der Waals surface area contributed by atoms with Crippen molar-refractivity contribution in [2.45, 2.75) is 180 Å². The largest absolute Gasteiger partial charge is 0.472 e. The molecule has 58 heavy (non-hydrogen) atoms. The second kappa shape index (κ2) is 36.7. The molecule has 0 aromatic heterocycles. The molecule has 0 heterocycles. The molecule has 0 saturated carbocycles. The topological polar surface area (TPSA) is 169 Å². The van der Waals surface area contributed by atoms with Gasteiger partial charge < -0.3 is 34.2 Å². The standard InChI is InChI=1S/C45H82NO11P/c1-6-8-10-11-12-13-14-15-16-17-18-19-24-28-34-45(51)57-41(39-56-58(52,53)55-37-36-46(3,4)5)38-54-44(50)35-29-33-43(49)42(48)32-27-23-21-20-22-26-31-40(47)30-25-9-7-2/h20-23,26-27,31-32,40-43,47-49H,6-19,24-25,28-30,33-39H2,1-5H3/p+1/b22-20-,23-21+,31-26+,32-27+/t40-,41-,42-,43-/m1/s1. The summed E-state index contributed by atoms with van der Waals surface area (Å²) in [6, 6.07) is 0. The summed E-state index contributed by atoms with van der Waals surface area (Å²) in [4.78, 5) is 35.4. The number of likely N-dealkylation sites (N-methyl/N-ethyl adjacent to an activating group) is 1. The number of hydrogen-bond acceptors (Lipinski definition) is 10.